The van der Waals surface area contributed by atoms with E-state index in [1.807, 2.05) is 26.8 Å². The number of ether oxygens (including phenoxy) is 1. The van der Waals surface area contributed by atoms with Gasteiger partial charge in [-0.15, -0.1) is 0 Å². The second-order valence-corrected chi connectivity index (χ2v) is 5.78. The Morgan fingerprint density at radius 3 is 2.42 bits per heavy atom. The standard InChI is InChI=1S/C20H22O4/c1-4-14-11-16(20(12-19(14)23)24-13(2)3)7-10-18(22)15-5-8-17(21)9-6-15/h5-13,21,23H,4H2,1-3H3. The molecule has 0 spiro atoms. The highest BCUT2D eigenvalue weighted by Gasteiger charge is 2.10. The first-order valence-corrected chi connectivity index (χ1v) is 7.94. The fourth-order valence-electron chi connectivity index (χ4n) is 2.29. The predicted molar refractivity (Wildman–Crippen MR) is 94.7 cm³/mol. The number of aryl methyl sites for hydroxylation is 1. The van der Waals surface area contributed by atoms with Crippen molar-refractivity contribution >= 4 is 11.9 Å². The monoisotopic (exact) mass is 326 g/mol. The number of phenolic OH excluding ortho intramolecular Hbond substituents is 2. The van der Waals surface area contributed by atoms with Crippen LogP contribution in [0.15, 0.2) is 42.5 Å². The van der Waals surface area contributed by atoms with Crippen LogP contribution in [0.1, 0.15) is 42.3 Å². The molecule has 0 heterocycles. The third-order valence-corrected chi connectivity index (χ3v) is 3.52. The zero-order valence-electron chi connectivity index (χ0n) is 14.1. The fraction of sp³-hybridized carbons (Fsp3) is 0.250. The minimum absolute atomic E-state index is 0.0446. The van der Waals surface area contributed by atoms with E-state index in [1.54, 1.807) is 24.3 Å². The summed E-state index contributed by atoms with van der Waals surface area (Å²) in [5, 5.41) is 19.3. The predicted octanol–water partition coefficient (Wildman–Crippen LogP) is 4.34. The molecule has 0 fully saturated rings. The minimum Gasteiger partial charge on any atom is -0.508 e. The Morgan fingerprint density at radius 2 is 1.83 bits per heavy atom. The van der Waals surface area contributed by atoms with Crippen LogP contribution in [-0.4, -0.2) is 22.1 Å². The average molecular weight is 326 g/mol. The molecule has 126 valence electrons. The molecule has 0 bridgehead atoms. The van der Waals surface area contributed by atoms with E-state index in [4.69, 9.17) is 4.74 Å². The van der Waals surface area contributed by atoms with E-state index in [2.05, 4.69) is 0 Å². The Bertz CT molecular complexity index is 743. The molecule has 4 nitrogen and oxygen atoms in total. The van der Waals surface area contributed by atoms with Crippen LogP contribution in [0.5, 0.6) is 17.2 Å². The second kappa shape index (κ2) is 7.68. The quantitative estimate of drug-likeness (QED) is 0.612. The van der Waals surface area contributed by atoms with Gasteiger partial charge >= 0.3 is 0 Å². The normalized spacial score (nSPS) is 11.2. The molecule has 4 heteroatoms. The Kier molecular flexibility index (Phi) is 5.64. The lowest BCUT2D eigenvalue weighted by atomic mass is 10.0. The number of aromatic hydroxyl groups is 2. The smallest absolute Gasteiger partial charge is 0.185 e. The van der Waals surface area contributed by atoms with Crippen LogP contribution in [0, 0.1) is 0 Å². The lowest BCUT2D eigenvalue weighted by Crippen LogP contribution is -2.07. The average Bonchev–Trinajstić information content (AvgIpc) is 2.54. The Hall–Kier alpha value is -2.75. The van der Waals surface area contributed by atoms with Gasteiger partial charge in [0.2, 0.25) is 0 Å². The van der Waals surface area contributed by atoms with Crippen molar-refractivity contribution < 1.29 is 19.7 Å². The van der Waals surface area contributed by atoms with Gasteiger partial charge in [0, 0.05) is 17.2 Å². The first kappa shape index (κ1) is 17.6. The van der Waals surface area contributed by atoms with Gasteiger partial charge in [-0.25, -0.2) is 0 Å². The van der Waals surface area contributed by atoms with E-state index < -0.39 is 0 Å². The first-order chi connectivity index (χ1) is 11.4. The molecule has 0 amide bonds. The van der Waals surface area contributed by atoms with Gasteiger partial charge in [-0.1, -0.05) is 6.92 Å². The van der Waals surface area contributed by atoms with Crippen molar-refractivity contribution in [1.82, 2.24) is 0 Å². The number of phenols is 2. The molecular weight excluding hydrogens is 304 g/mol. The lowest BCUT2D eigenvalue weighted by molar-refractivity contribution is 0.104. The van der Waals surface area contributed by atoms with Crippen molar-refractivity contribution in [3.8, 4) is 17.2 Å². The molecule has 2 N–H and O–H groups in total. The van der Waals surface area contributed by atoms with Crippen molar-refractivity contribution in [3.63, 3.8) is 0 Å². The summed E-state index contributed by atoms with van der Waals surface area (Å²) < 4.78 is 5.72. The first-order valence-electron chi connectivity index (χ1n) is 7.94. The van der Waals surface area contributed by atoms with E-state index in [0.29, 0.717) is 17.7 Å². The highest BCUT2D eigenvalue weighted by atomic mass is 16.5. The molecule has 24 heavy (non-hydrogen) atoms. The second-order valence-electron chi connectivity index (χ2n) is 5.78. The van der Waals surface area contributed by atoms with Crippen molar-refractivity contribution in [2.75, 3.05) is 0 Å². The lowest BCUT2D eigenvalue weighted by Gasteiger charge is -2.14. The van der Waals surface area contributed by atoms with Gasteiger partial charge in [0.1, 0.15) is 17.2 Å². The van der Waals surface area contributed by atoms with Crippen molar-refractivity contribution in [3.05, 3.63) is 59.2 Å². The highest BCUT2D eigenvalue weighted by molar-refractivity contribution is 6.07. The van der Waals surface area contributed by atoms with Gasteiger partial charge in [-0.2, -0.15) is 0 Å². The summed E-state index contributed by atoms with van der Waals surface area (Å²) in [6.45, 7) is 5.76. The third kappa shape index (κ3) is 4.38. The minimum atomic E-state index is -0.170. The Balaban J connectivity index is 2.32. The fourth-order valence-corrected chi connectivity index (χ4v) is 2.29. The number of hydrogen-bond acceptors (Lipinski definition) is 4. The van der Waals surface area contributed by atoms with Gasteiger partial charge < -0.3 is 14.9 Å². The van der Waals surface area contributed by atoms with Crippen LogP contribution < -0.4 is 4.74 Å². The largest absolute Gasteiger partial charge is 0.508 e. The van der Waals surface area contributed by atoms with Crippen LogP contribution >= 0.6 is 0 Å². The van der Waals surface area contributed by atoms with Crippen molar-refractivity contribution in [2.24, 2.45) is 0 Å². The molecule has 0 aliphatic heterocycles. The molecular formula is C20H22O4. The van der Waals surface area contributed by atoms with Gasteiger partial charge in [0.25, 0.3) is 0 Å². The number of carbonyl (C=O) groups excluding carboxylic acids is 1. The highest BCUT2D eigenvalue weighted by Crippen LogP contribution is 2.30. The summed E-state index contributed by atoms with van der Waals surface area (Å²) in [6.07, 6.45) is 3.79. The summed E-state index contributed by atoms with van der Waals surface area (Å²) in [5.74, 6) is 0.676. The summed E-state index contributed by atoms with van der Waals surface area (Å²) in [6, 6.07) is 9.51. The molecule has 0 saturated carbocycles. The molecule has 0 aliphatic rings. The maximum absolute atomic E-state index is 12.2. The van der Waals surface area contributed by atoms with Crippen LogP contribution in [0.3, 0.4) is 0 Å². The molecule has 0 aromatic heterocycles. The van der Waals surface area contributed by atoms with Crippen LogP contribution in [0.4, 0.5) is 0 Å². The van der Waals surface area contributed by atoms with E-state index in [-0.39, 0.29) is 23.4 Å². The van der Waals surface area contributed by atoms with Crippen molar-refractivity contribution in [2.45, 2.75) is 33.3 Å². The number of ketones is 1. The zero-order chi connectivity index (χ0) is 17.7. The van der Waals surface area contributed by atoms with Crippen LogP contribution in [0.2, 0.25) is 0 Å². The Labute approximate surface area is 142 Å². The molecule has 0 saturated heterocycles. The molecule has 0 atom stereocenters. The summed E-state index contributed by atoms with van der Waals surface area (Å²) in [7, 11) is 0. The number of rotatable bonds is 6. The molecule has 2 aromatic rings. The molecule has 0 aliphatic carbocycles. The van der Waals surface area contributed by atoms with Crippen LogP contribution in [0.25, 0.3) is 6.08 Å². The maximum atomic E-state index is 12.2. The number of carbonyl (C=O) groups is 1. The van der Waals surface area contributed by atoms with Gasteiger partial charge in [0.15, 0.2) is 5.78 Å². The topological polar surface area (TPSA) is 66.8 Å². The zero-order valence-corrected chi connectivity index (χ0v) is 14.1. The molecule has 2 aromatic carbocycles. The molecule has 0 unspecified atom stereocenters. The van der Waals surface area contributed by atoms with Crippen molar-refractivity contribution in [1.29, 1.82) is 0 Å². The molecule has 0 radical (unpaired) electrons. The SMILES string of the molecule is CCc1cc(C=CC(=O)c2ccc(O)cc2)c(OC(C)C)cc1O. The summed E-state index contributed by atoms with van der Waals surface area (Å²) >= 11 is 0. The number of benzene rings is 2. The Morgan fingerprint density at radius 1 is 1.17 bits per heavy atom. The van der Waals surface area contributed by atoms with Gasteiger partial charge in [-0.05, 0) is 68.3 Å². The van der Waals surface area contributed by atoms with Gasteiger partial charge in [0.05, 0.1) is 6.10 Å². The van der Waals surface area contributed by atoms with E-state index >= 15 is 0 Å². The molecule has 2 rings (SSSR count). The summed E-state index contributed by atoms with van der Waals surface area (Å²) in [5.41, 5.74) is 2.03. The van der Waals surface area contributed by atoms with Crippen LogP contribution in [-0.2, 0) is 6.42 Å². The van der Waals surface area contributed by atoms with E-state index in [1.165, 1.54) is 18.2 Å². The third-order valence-electron chi connectivity index (χ3n) is 3.52. The summed E-state index contributed by atoms with van der Waals surface area (Å²) in [4.78, 5) is 12.2. The number of hydrogen-bond donors (Lipinski definition) is 2. The maximum Gasteiger partial charge on any atom is 0.185 e. The number of allylic oxidation sites excluding steroid dienone is 1. The van der Waals surface area contributed by atoms with E-state index in [0.717, 1.165) is 11.1 Å². The van der Waals surface area contributed by atoms with Gasteiger partial charge in [-0.3, -0.25) is 4.79 Å². The van der Waals surface area contributed by atoms with E-state index in [9.17, 15) is 15.0 Å².